The number of Topliss-reactive ketones (excluding diaryl/α,β-unsaturated/α-hetero) is 1. The molecule has 0 radical (unpaired) electrons. The molecule has 1 N–H and O–H groups in total. The lowest BCUT2D eigenvalue weighted by Gasteiger charge is -2.08. The van der Waals surface area contributed by atoms with Crippen LogP contribution < -0.4 is 0 Å². The van der Waals surface area contributed by atoms with Crippen LogP contribution in [0.15, 0.2) is 28.7 Å². The quantitative estimate of drug-likeness (QED) is 0.677. The minimum atomic E-state index is -1.13. The predicted octanol–water partition coefficient (Wildman–Crippen LogP) is 2.50. The smallest absolute Gasteiger partial charge is 0.317 e. The number of ketones is 1. The van der Waals surface area contributed by atoms with E-state index in [0.29, 0.717) is 18.4 Å². The molecule has 1 aromatic rings. The molecule has 0 aromatic heterocycles. The number of carboxylic acid groups (broad SMARTS) is 1. The fourth-order valence-corrected chi connectivity index (χ4v) is 1.80. The van der Waals surface area contributed by atoms with E-state index in [4.69, 9.17) is 5.11 Å². The average Bonchev–Trinajstić information content (AvgIpc) is 2.98. The van der Waals surface area contributed by atoms with Gasteiger partial charge in [-0.15, -0.1) is 0 Å². The van der Waals surface area contributed by atoms with E-state index in [1.54, 1.807) is 24.3 Å². The Morgan fingerprint density at radius 3 is 2.13 bits per heavy atom. The third-order valence-electron chi connectivity index (χ3n) is 2.70. The molecule has 0 atom stereocenters. The van der Waals surface area contributed by atoms with Crippen molar-refractivity contribution in [2.24, 2.45) is 5.41 Å². The van der Waals surface area contributed by atoms with Crippen LogP contribution in [-0.4, -0.2) is 16.9 Å². The predicted molar refractivity (Wildman–Crippen MR) is 57.8 cm³/mol. The van der Waals surface area contributed by atoms with Crippen molar-refractivity contribution in [1.82, 2.24) is 0 Å². The summed E-state index contributed by atoms with van der Waals surface area (Å²) < 4.78 is 0.874. The molecule has 0 aliphatic heterocycles. The molecule has 1 aliphatic rings. The standard InChI is InChI=1S/C11H9BrO3/c12-8-3-1-7(2-4-8)9(13)11(5-6-11)10(14)15/h1-4H,5-6H2,(H,14,15). The van der Waals surface area contributed by atoms with Crippen LogP contribution in [0.25, 0.3) is 0 Å². The summed E-state index contributed by atoms with van der Waals surface area (Å²) in [4.78, 5) is 22.8. The molecule has 2 rings (SSSR count). The van der Waals surface area contributed by atoms with Gasteiger partial charge in [-0.25, -0.2) is 0 Å². The maximum atomic E-state index is 11.9. The van der Waals surface area contributed by atoms with Crippen molar-refractivity contribution in [2.75, 3.05) is 0 Å². The van der Waals surface area contributed by atoms with E-state index in [1.807, 2.05) is 0 Å². The van der Waals surface area contributed by atoms with Gasteiger partial charge in [-0.2, -0.15) is 0 Å². The van der Waals surface area contributed by atoms with Crippen molar-refractivity contribution < 1.29 is 14.7 Å². The van der Waals surface area contributed by atoms with Crippen LogP contribution in [0.5, 0.6) is 0 Å². The van der Waals surface area contributed by atoms with Gasteiger partial charge in [0.25, 0.3) is 0 Å². The van der Waals surface area contributed by atoms with Gasteiger partial charge in [0, 0.05) is 10.0 Å². The summed E-state index contributed by atoms with van der Waals surface area (Å²) in [6.45, 7) is 0. The molecule has 78 valence electrons. The molecule has 0 amide bonds. The molecule has 0 spiro atoms. The third-order valence-corrected chi connectivity index (χ3v) is 3.23. The van der Waals surface area contributed by atoms with Crippen molar-refractivity contribution in [3.05, 3.63) is 34.3 Å². The summed E-state index contributed by atoms with van der Waals surface area (Å²) >= 11 is 3.26. The fourth-order valence-electron chi connectivity index (χ4n) is 1.54. The lowest BCUT2D eigenvalue weighted by atomic mass is 9.95. The van der Waals surface area contributed by atoms with Gasteiger partial charge in [-0.05, 0) is 25.0 Å². The highest BCUT2D eigenvalue weighted by Crippen LogP contribution is 2.48. The van der Waals surface area contributed by atoms with Crippen LogP contribution >= 0.6 is 15.9 Å². The first-order valence-corrected chi connectivity index (χ1v) is 5.39. The Morgan fingerprint density at radius 2 is 1.73 bits per heavy atom. The number of benzene rings is 1. The van der Waals surface area contributed by atoms with Gasteiger partial charge >= 0.3 is 5.97 Å². The molecule has 0 saturated heterocycles. The maximum absolute atomic E-state index is 11.9. The normalized spacial score (nSPS) is 17.1. The Morgan fingerprint density at radius 1 is 1.20 bits per heavy atom. The van der Waals surface area contributed by atoms with Crippen molar-refractivity contribution in [3.8, 4) is 0 Å². The molecule has 1 aromatic carbocycles. The summed E-state index contributed by atoms with van der Waals surface area (Å²) in [5.41, 5.74) is -0.661. The highest BCUT2D eigenvalue weighted by molar-refractivity contribution is 9.10. The minimum Gasteiger partial charge on any atom is -0.480 e. The Bertz CT molecular complexity index is 418. The first-order chi connectivity index (χ1) is 7.06. The summed E-state index contributed by atoms with van der Waals surface area (Å²) in [7, 11) is 0. The number of carbonyl (C=O) groups is 2. The molecular weight excluding hydrogens is 260 g/mol. The van der Waals surface area contributed by atoms with Gasteiger partial charge < -0.3 is 5.11 Å². The number of hydrogen-bond acceptors (Lipinski definition) is 2. The van der Waals surface area contributed by atoms with Gasteiger partial charge in [0.2, 0.25) is 0 Å². The molecule has 1 fully saturated rings. The molecule has 1 saturated carbocycles. The van der Waals surface area contributed by atoms with E-state index in [1.165, 1.54) is 0 Å². The number of halogens is 1. The highest BCUT2D eigenvalue weighted by Gasteiger charge is 2.56. The third kappa shape index (κ3) is 1.69. The van der Waals surface area contributed by atoms with Crippen LogP contribution in [0.1, 0.15) is 23.2 Å². The summed E-state index contributed by atoms with van der Waals surface area (Å²) in [6.07, 6.45) is 0.911. The van der Waals surface area contributed by atoms with Crippen LogP contribution in [-0.2, 0) is 4.79 Å². The maximum Gasteiger partial charge on any atom is 0.317 e. The molecule has 1 aliphatic carbocycles. The zero-order valence-corrected chi connectivity index (χ0v) is 9.45. The van der Waals surface area contributed by atoms with Gasteiger partial charge in [-0.1, -0.05) is 28.1 Å². The molecule has 0 heterocycles. The largest absolute Gasteiger partial charge is 0.480 e. The lowest BCUT2D eigenvalue weighted by molar-refractivity contribution is -0.141. The Labute approximate surface area is 95.2 Å². The first kappa shape index (κ1) is 10.4. The second-order valence-corrected chi connectivity index (χ2v) is 4.64. The monoisotopic (exact) mass is 268 g/mol. The van der Waals surface area contributed by atoms with Crippen molar-refractivity contribution in [2.45, 2.75) is 12.8 Å². The molecule has 0 unspecified atom stereocenters. The summed E-state index contributed by atoms with van der Waals surface area (Å²) in [6, 6.07) is 6.78. The first-order valence-electron chi connectivity index (χ1n) is 4.60. The molecule has 0 bridgehead atoms. The van der Waals surface area contributed by atoms with Crippen LogP contribution in [0.3, 0.4) is 0 Å². The molecule has 3 nitrogen and oxygen atoms in total. The number of carbonyl (C=O) groups excluding carboxylic acids is 1. The van der Waals surface area contributed by atoms with Crippen molar-refractivity contribution >= 4 is 27.7 Å². The van der Waals surface area contributed by atoms with E-state index in [-0.39, 0.29) is 5.78 Å². The topological polar surface area (TPSA) is 54.4 Å². The van der Waals surface area contributed by atoms with Crippen LogP contribution in [0.4, 0.5) is 0 Å². The zero-order valence-electron chi connectivity index (χ0n) is 7.87. The Kier molecular flexibility index (Phi) is 2.38. The summed E-state index contributed by atoms with van der Waals surface area (Å²) in [5, 5.41) is 8.96. The highest BCUT2D eigenvalue weighted by atomic mass is 79.9. The number of carboxylic acids is 1. The average molecular weight is 269 g/mol. The SMILES string of the molecule is O=C(O)C1(C(=O)c2ccc(Br)cc2)CC1. The summed E-state index contributed by atoms with van der Waals surface area (Å²) in [5.74, 6) is -1.28. The Hall–Kier alpha value is -1.16. The molecule has 4 heteroatoms. The van der Waals surface area contributed by atoms with Crippen molar-refractivity contribution in [1.29, 1.82) is 0 Å². The minimum absolute atomic E-state index is 0.275. The fraction of sp³-hybridized carbons (Fsp3) is 0.273. The van der Waals surface area contributed by atoms with Crippen LogP contribution in [0, 0.1) is 5.41 Å². The van der Waals surface area contributed by atoms with E-state index in [2.05, 4.69) is 15.9 Å². The van der Waals surface area contributed by atoms with E-state index < -0.39 is 11.4 Å². The second kappa shape index (κ2) is 3.45. The van der Waals surface area contributed by atoms with Crippen molar-refractivity contribution in [3.63, 3.8) is 0 Å². The number of aliphatic carboxylic acids is 1. The molecular formula is C11H9BrO3. The van der Waals surface area contributed by atoms with Gasteiger partial charge in [0.15, 0.2) is 5.78 Å². The van der Waals surface area contributed by atoms with Gasteiger partial charge in [-0.3, -0.25) is 9.59 Å². The lowest BCUT2D eigenvalue weighted by Crippen LogP contribution is -2.25. The van der Waals surface area contributed by atoms with E-state index in [9.17, 15) is 9.59 Å². The van der Waals surface area contributed by atoms with E-state index in [0.717, 1.165) is 4.47 Å². The number of rotatable bonds is 3. The molecule has 15 heavy (non-hydrogen) atoms. The second-order valence-electron chi connectivity index (χ2n) is 3.72. The number of hydrogen-bond donors (Lipinski definition) is 1. The van der Waals surface area contributed by atoms with E-state index >= 15 is 0 Å². The van der Waals surface area contributed by atoms with Gasteiger partial charge in [0.05, 0.1) is 0 Å². The van der Waals surface area contributed by atoms with Gasteiger partial charge in [0.1, 0.15) is 5.41 Å². The Balaban J connectivity index is 2.29. The zero-order chi connectivity index (χ0) is 11.1. The van der Waals surface area contributed by atoms with Crippen LogP contribution in [0.2, 0.25) is 0 Å².